The van der Waals surface area contributed by atoms with E-state index >= 15 is 0 Å². The van der Waals surface area contributed by atoms with Gasteiger partial charge in [0, 0.05) is 49.2 Å². The van der Waals surface area contributed by atoms with Gasteiger partial charge in [0.2, 0.25) is 0 Å². The van der Waals surface area contributed by atoms with Crippen molar-refractivity contribution in [2.75, 3.05) is 0 Å². The van der Waals surface area contributed by atoms with Crippen LogP contribution in [0.25, 0.3) is 89.7 Å². The molecule has 0 unspecified atom stereocenters. The topological polar surface area (TPSA) is 132 Å². The summed E-state index contributed by atoms with van der Waals surface area (Å²) in [6.07, 6.45) is 0. The molecule has 0 saturated heterocycles. The monoisotopic (exact) mass is 604 g/mol. The lowest BCUT2D eigenvalue weighted by Gasteiger charge is -2.03. The molecule has 10 nitrogen and oxygen atoms in total. The molecule has 214 valence electrons. The van der Waals surface area contributed by atoms with Gasteiger partial charge in [0.1, 0.15) is 11.3 Å². The lowest BCUT2D eigenvalue weighted by atomic mass is 10.1. The molecule has 11 heteroatoms. The molecule has 2 aliphatic heterocycles. The third kappa shape index (κ3) is 3.71. The molecule has 8 bridgehead atoms. The minimum absolute atomic E-state index is 0.152. The van der Waals surface area contributed by atoms with E-state index in [1.807, 2.05) is 97.1 Å². The molecule has 7 aromatic rings. The van der Waals surface area contributed by atoms with Crippen LogP contribution in [0.2, 0.25) is 0 Å². The van der Waals surface area contributed by atoms with Gasteiger partial charge in [-0.05, 0) is 0 Å². The second kappa shape index (κ2) is 9.21. The molecule has 0 fully saturated rings. The van der Waals surface area contributed by atoms with Crippen molar-refractivity contribution in [1.82, 2.24) is 38.9 Å². The third-order valence-corrected chi connectivity index (χ3v) is 9.31. The van der Waals surface area contributed by atoms with Crippen LogP contribution >= 0.6 is 0 Å². The van der Waals surface area contributed by atoms with Gasteiger partial charge in [-0.2, -0.15) is 3.97 Å². The normalized spacial score (nSPS) is 12.3. The quantitative estimate of drug-likeness (QED) is 0.232. The van der Waals surface area contributed by atoms with Crippen molar-refractivity contribution in [3.05, 3.63) is 109 Å². The molecule has 2 aliphatic rings. The Kier molecular flexibility index (Phi) is 5.21. The van der Waals surface area contributed by atoms with E-state index in [1.165, 1.54) is 0 Å². The minimum Gasteiger partial charge on any atom is -0.324 e. The van der Waals surface area contributed by atoms with Gasteiger partial charge in [0.15, 0.2) is 34.6 Å². The number of fused-ring (bicyclic) bond motifs is 20. The van der Waals surface area contributed by atoms with Crippen LogP contribution in [0.1, 0.15) is 0 Å². The SMILES string of the molecule is C=CS(=O)(=O)n1c2nc3nc(nc4[nH]c(nc5nc(nc1c1ccccc12)-c1ccccc1-5)c1ccccc41)-c1ccccc1-3. The zero-order chi connectivity index (χ0) is 30.3. The summed E-state index contributed by atoms with van der Waals surface area (Å²) in [5.74, 6) is 1.53. The highest BCUT2D eigenvalue weighted by molar-refractivity contribution is 7.93. The third-order valence-electron chi connectivity index (χ3n) is 8.03. The van der Waals surface area contributed by atoms with E-state index in [0.717, 1.165) is 42.4 Å². The summed E-state index contributed by atoms with van der Waals surface area (Å²) in [4.78, 5) is 32.9. The average molecular weight is 605 g/mol. The molecule has 0 spiro atoms. The maximum absolute atomic E-state index is 13.8. The van der Waals surface area contributed by atoms with Gasteiger partial charge in [0.25, 0.3) is 10.0 Å². The first-order valence-corrected chi connectivity index (χ1v) is 15.6. The van der Waals surface area contributed by atoms with Crippen LogP contribution in [0.3, 0.4) is 0 Å². The Morgan fingerprint density at radius 2 is 0.867 bits per heavy atom. The second-order valence-corrected chi connectivity index (χ2v) is 12.3. The summed E-state index contributed by atoms with van der Waals surface area (Å²) in [6.45, 7) is 3.61. The number of hydrogen-bond donors (Lipinski definition) is 1. The first-order chi connectivity index (χ1) is 22.0. The highest BCUT2D eigenvalue weighted by Crippen LogP contribution is 2.37. The zero-order valence-electron chi connectivity index (χ0n) is 23.4. The van der Waals surface area contributed by atoms with Gasteiger partial charge in [-0.1, -0.05) is 104 Å². The molecule has 1 N–H and O–H groups in total. The van der Waals surface area contributed by atoms with Gasteiger partial charge < -0.3 is 4.98 Å². The standard InChI is InChI=1S/C34H20N8O2S/c1-2-45(43,44)42-33-25-17-9-10-18-26(25)34(42)41-32-24-16-8-6-14-22(24)30(39-32)37-28-20-12-4-3-11-19(20)27(35-28)36-29-21-13-5-7-15-23(21)31(38-29)40-33/h2-18H,1H2,(H,35,36,37,38,39,40,41). The number of rotatable bonds is 2. The first kappa shape index (κ1) is 25.4. The number of nitrogens with one attached hydrogen (secondary N) is 1. The molecular weight excluding hydrogens is 584 g/mol. The van der Waals surface area contributed by atoms with E-state index in [0.29, 0.717) is 45.4 Å². The largest absolute Gasteiger partial charge is 0.324 e. The Balaban J connectivity index is 1.58. The average Bonchev–Trinajstić information content (AvgIpc) is 3.79. The van der Waals surface area contributed by atoms with Gasteiger partial charge in [-0.25, -0.2) is 38.3 Å². The number of H-pyrrole nitrogens is 1. The van der Waals surface area contributed by atoms with Gasteiger partial charge >= 0.3 is 0 Å². The van der Waals surface area contributed by atoms with Crippen molar-refractivity contribution in [2.45, 2.75) is 0 Å². The van der Waals surface area contributed by atoms with Crippen LogP contribution in [0, 0.1) is 0 Å². The minimum atomic E-state index is -4.13. The van der Waals surface area contributed by atoms with E-state index in [4.69, 9.17) is 29.9 Å². The fraction of sp³-hybridized carbons (Fsp3) is 0. The smallest absolute Gasteiger partial charge is 0.263 e. The lowest BCUT2D eigenvalue weighted by Crippen LogP contribution is -2.10. The molecule has 4 aromatic carbocycles. The molecule has 0 amide bonds. The van der Waals surface area contributed by atoms with Crippen LogP contribution in [-0.4, -0.2) is 47.3 Å². The van der Waals surface area contributed by atoms with E-state index in [1.54, 1.807) is 0 Å². The van der Waals surface area contributed by atoms with Crippen molar-refractivity contribution in [3.63, 3.8) is 0 Å². The summed E-state index contributed by atoms with van der Waals surface area (Å²) in [6, 6.07) is 30.4. The number of aromatic amines is 1. The van der Waals surface area contributed by atoms with Crippen LogP contribution in [0.4, 0.5) is 0 Å². The predicted molar refractivity (Wildman–Crippen MR) is 174 cm³/mol. The number of nitrogens with zero attached hydrogens (tertiary/aromatic N) is 7. The highest BCUT2D eigenvalue weighted by Gasteiger charge is 2.25. The van der Waals surface area contributed by atoms with Crippen LogP contribution in [0.5, 0.6) is 0 Å². The van der Waals surface area contributed by atoms with E-state index in [2.05, 4.69) is 11.6 Å². The Morgan fingerprint density at radius 1 is 0.511 bits per heavy atom. The van der Waals surface area contributed by atoms with Crippen molar-refractivity contribution < 1.29 is 8.42 Å². The molecule has 0 aliphatic carbocycles. The molecule has 3 aromatic heterocycles. The fourth-order valence-electron chi connectivity index (χ4n) is 5.98. The Morgan fingerprint density at radius 3 is 1.27 bits per heavy atom. The van der Waals surface area contributed by atoms with Crippen molar-refractivity contribution in [3.8, 4) is 45.6 Å². The maximum Gasteiger partial charge on any atom is 0.263 e. The molecule has 45 heavy (non-hydrogen) atoms. The lowest BCUT2D eigenvalue weighted by molar-refractivity contribution is 0.599. The molecule has 9 rings (SSSR count). The van der Waals surface area contributed by atoms with Gasteiger partial charge in [-0.15, -0.1) is 0 Å². The molecule has 0 radical (unpaired) electrons. The number of benzene rings is 4. The number of aromatic nitrogens is 8. The highest BCUT2D eigenvalue weighted by atomic mass is 32.2. The first-order valence-electron chi connectivity index (χ1n) is 14.1. The predicted octanol–water partition coefficient (Wildman–Crippen LogP) is 6.66. The van der Waals surface area contributed by atoms with E-state index in [-0.39, 0.29) is 11.3 Å². The van der Waals surface area contributed by atoms with Gasteiger partial charge in [-0.3, -0.25) is 0 Å². The number of hydrogen-bond acceptors (Lipinski definition) is 8. The van der Waals surface area contributed by atoms with Gasteiger partial charge in [0.05, 0.1) is 0 Å². The fourth-order valence-corrected chi connectivity index (χ4v) is 6.89. The van der Waals surface area contributed by atoms with Crippen LogP contribution in [0.15, 0.2) is 109 Å². The van der Waals surface area contributed by atoms with Crippen molar-refractivity contribution in [1.29, 1.82) is 0 Å². The second-order valence-electron chi connectivity index (χ2n) is 10.6. The molecule has 0 saturated carbocycles. The summed E-state index contributed by atoms with van der Waals surface area (Å²) >= 11 is 0. The van der Waals surface area contributed by atoms with Crippen LogP contribution in [-0.2, 0) is 10.0 Å². The van der Waals surface area contributed by atoms with Crippen molar-refractivity contribution >= 4 is 54.2 Å². The molecule has 0 atom stereocenters. The molecular formula is C34H20N8O2S. The van der Waals surface area contributed by atoms with Crippen LogP contribution < -0.4 is 0 Å². The zero-order valence-corrected chi connectivity index (χ0v) is 24.2. The summed E-state index contributed by atoms with van der Waals surface area (Å²) in [5.41, 5.74) is 4.45. The maximum atomic E-state index is 13.8. The van der Waals surface area contributed by atoms with E-state index in [9.17, 15) is 8.42 Å². The Bertz CT molecular complexity index is 2550. The van der Waals surface area contributed by atoms with Crippen molar-refractivity contribution in [2.24, 2.45) is 0 Å². The summed E-state index contributed by atoms with van der Waals surface area (Å²) < 4.78 is 28.6. The molecule has 5 heterocycles. The van der Waals surface area contributed by atoms with E-state index < -0.39 is 10.0 Å². The Labute approximate surface area is 255 Å². The Hall–Kier alpha value is -6.07. The summed E-state index contributed by atoms with van der Waals surface area (Å²) in [5, 5.41) is 3.79. The summed E-state index contributed by atoms with van der Waals surface area (Å²) in [7, 11) is -4.13.